The van der Waals surface area contributed by atoms with Crippen molar-refractivity contribution in [2.75, 3.05) is 19.4 Å². The van der Waals surface area contributed by atoms with Crippen LogP contribution in [0.15, 0.2) is 36.8 Å². The quantitative estimate of drug-likeness (QED) is 0.826. The van der Waals surface area contributed by atoms with Crippen LogP contribution in [0.3, 0.4) is 0 Å². The third-order valence-corrected chi connectivity index (χ3v) is 2.46. The van der Waals surface area contributed by atoms with Crippen molar-refractivity contribution >= 4 is 5.69 Å². The van der Waals surface area contributed by atoms with Gasteiger partial charge in [-0.05, 0) is 31.8 Å². The summed E-state index contributed by atoms with van der Waals surface area (Å²) < 4.78 is 0. The third kappa shape index (κ3) is 3.60. The molecule has 0 radical (unpaired) electrons. The Hall–Kier alpha value is -1.81. The molecular weight excluding hydrogens is 212 g/mol. The molecule has 2 rings (SSSR count). The minimum atomic E-state index is 0.769. The Labute approximate surface area is 102 Å². The van der Waals surface area contributed by atoms with E-state index in [9.17, 15) is 0 Å². The molecular formula is C13H18N4. The van der Waals surface area contributed by atoms with Crippen LogP contribution in [-0.4, -0.2) is 29.0 Å². The summed E-state index contributed by atoms with van der Waals surface area (Å²) in [4.78, 5) is 9.22. The van der Waals surface area contributed by atoms with Gasteiger partial charge >= 0.3 is 0 Å². The minimum Gasteiger partial charge on any atom is -0.379 e. The third-order valence-electron chi connectivity index (χ3n) is 2.46. The van der Waals surface area contributed by atoms with Crippen LogP contribution in [0.1, 0.15) is 11.3 Å². The Morgan fingerprint density at radius 3 is 2.94 bits per heavy atom. The summed E-state index contributed by atoms with van der Waals surface area (Å²) in [6.07, 6.45) is 3.52. The highest BCUT2D eigenvalue weighted by molar-refractivity contribution is 5.45. The van der Waals surface area contributed by atoms with E-state index in [0.717, 1.165) is 24.5 Å². The van der Waals surface area contributed by atoms with E-state index in [1.807, 2.05) is 6.20 Å². The van der Waals surface area contributed by atoms with E-state index in [-0.39, 0.29) is 0 Å². The monoisotopic (exact) mass is 230 g/mol. The van der Waals surface area contributed by atoms with Gasteiger partial charge in [0.2, 0.25) is 0 Å². The second-order valence-corrected chi connectivity index (χ2v) is 4.37. The van der Waals surface area contributed by atoms with Crippen molar-refractivity contribution in [3.63, 3.8) is 0 Å². The predicted octanol–water partition coefficient (Wildman–Crippen LogP) is 2.08. The number of rotatable bonds is 5. The van der Waals surface area contributed by atoms with Gasteiger partial charge in [0.15, 0.2) is 0 Å². The maximum atomic E-state index is 3.99. The number of H-pyrrole nitrogens is 1. The van der Waals surface area contributed by atoms with Gasteiger partial charge in [-0.25, -0.2) is 4.98 Å². The smallest absolute Gasteiger partial charge is 0.0922 e. The molecule has 1 aromatic heterocycles. The fraction of sp³-hybridized carbons (Fsp3) is 0.308. The van der Waals surface area contributed by atoms with Crippen LogP contribution in [-0.2, 0) is 13.1 Å². The topological polar surface area (TPSA) is 44.0 Å². The summed E-state index contributed by atoms with van der Waals surface area (Å²) in [6, 6.07) is 8.47. The van der Waals surface area contributed by atoms with Crippen LogP contribution >= 0.6 is 0 Å². The number of hydrogen-bond acceptors (Lipinski definition) is 3. The molecule has 0 spiro atoms. The fourth-order valence-corrected chi connectivity index (χ4v) is 1.72. The van der Waals surface area contributed by atoms with Crippen LogP contribution in [0.5, 0.6) is 0 Å². The molecule has 17 heavy (non-hydrogen) atoms. The van der Waals surface area contributed by atoms with Gasteiger partial charge in [0.05, 0.1) is 18.6 Å². The zero-order valence-electron chi connectivity index (χ0n) is 10.3. The van der Waals surface area contributed by atoms with Crippen LogP contribution in [0.2, 0.25) is 0 Å². The van der Waals surface area contributed by atoms with Crippen molar-refractivity contribution in [1.82, 2.24) is 14.9 Å². The second-order valence-electron chi connectivity index (χ2n) is 4.37. The van der Waals surface area contributed by atoms with Gasteiger partial charge in [-0.15, -0.1) is 0 Å². The molecule has 0 atom stereocenters. The number of imidazole rings is 1. The highest BCUT2D eigenvalue weighted by Crippen LogP contribution is 2.12. The summed E-state index contributed by atoms with van der Waals surface area (Å²) in [5.41, 5.74) is 3.53. The van der Waals surface area contributed by atoms with Crippen molar-refractivity contribution in [3.8, 4) is 0 Å². The van der Waals surface area contributed by atoms with Crippen molar-refractivity contribution < 1.29 is 0 Å². The summed E-state index contributed by atoms with van der Waals surface area (Å²) >= 11 is 0. The van der Waals surface area contributed by atoms with Crippen LogP contribution in [0, 0.1) is 0 Å². The number of nitrogens with one attached hydrogen (secondary N) is 2. The molecule has 2 aromatic rings. The zero-order valence-corrected chi connectivity index (χ0v) is 10.3. The van der Waals surface area contributed by atoms with E-state index in [4.69, 9.17) is 0 Å². The molecule has 0 aliphatic rings. The van der Waals surface area contributed by atoms with E-state index in [2.05, 4.69) is 58.5 Å². The van der Waals surface area contributed by atoms with E-state index in [0.29, 0.717) is 0 Å². The fourth-order valence-electron chi connectivity index (χ4n) is 1.72. The summed E-state index contributed by atoms with van der Waals surface area (Å²) in [5, 5.41) is 3.37. The standard InChI is InChI=1S/C13H18N4/c1-17(2)9-11-4-3-5-12(6-11)15-8-13-7-14-10-16-13/h3-7,10,15H,8-9H2,1-2H3,(H,14,16). The normalized spacial score (nSPS) is 10.8. The number of nitrogens with zero attached hydrogens (tertiary/aromatic N) is 2. The van der Waals surface area contributed by atoms with Crippen LogP contribution in [0.25, 0.3) is 0 Å². The van der Waals surface area contributed by atoms with Crippen molar-refractivity contribution in [2.45, 2.75) is 13.1 Å². The van der Waals surface area contributed by atoms with Crippen molar-refractivity contribution in [2.24, 2.45) is 0 Å². The van der Waals surface area contributed by atoms with E-state index in [1.54, 1.807) is 6.33 Å². The lowest BCUT2D eigenvalue weighted by Gasteiger charge is -2.11. The first kappa shape index (κ1) is 11.7. The zero-order chi connectivity index (χ0) is 12.1. The Morgan fingerprint density at radius 2 is 2.24 bits per heavy atom. The molecule has 0 fully saturated rings. The lowest BCUT2D eigenvalue weighted by atomic mass is 10.2. The van der Waals surface area contributed by atoms with E-state index in [1.165, 1.54) is 5.56 Å². The average Bonchev–Trinajstić information content (AvgIpc) is 2.79. The first-order chi connectivity index (χ1) is 8.24. The molecule has 4 nitrogen and oxygen atoms in total. The highest BCUT2D eigenvalue weighted by Gasteiger charge is 1.98. The maximum Gasteiger partial charge on any atom is 0.0922 e. The first-order valence-corrected chi connectivity index (χ1v) is 5.69. The van der Waals surface area contributed by atoms with Gasteiger partial charge in [-0.2, -0.15) is 0 Å². The van der Waals surface area contributed by atoms with Gasteiger partial charge in [0.1, 0.15) is 0 Å². The van der Waals surface area contributed by atoms with Gasteiger partial charge in [-0.3, -0.25) is 0 Å². The maximum absolute atomic E-state index is 3.99. The Bertz CT molecular complexity index is 448. The minimum absolute atomic E-state index is 0.769. The molecule has 0 aliphatic carbocycles. The number of benzene rings is 1. The van der Waals surface area contributed by atoms with E-state index < -0.39 is 0 Å². The van der Waals surface area contributed by atoms with Gasteiger partial charge in [0, 0.05) is 18.4 Å². The van der Waals surface area contributed by atoms with Crippen molar-refractivity contribution in [1.29, 1.82) is 0 Å². The summed E-state index contributed by atoms with van der Waals surface area (Å²) in [6.45, 7) is 1.73. The summed E-state index contributed by atoms with van der Waals surface area (Å²) in [5.74, 6) is 0. The molecule has 1 heterocycles. The number of anilines is 1. The number of aromatic amines is 1. The molecule has 90 valence electrons. The molecule has 0 saturated carbocycles. The molecule has 0 aliphatic heterocycles. The van der Waals surface area contributed by atoms with Gasteiger partial charge < -0.3 is 15.2 Å². The number of hydrogen-bond donors (Lipinski definition) is 2. The van der Waals surface area contributed by atoms with E-state index >= 15 is 0 Å². The highest BCUT2D eigenvalue weighted by atomic mass is 15.0. The molecule has 0 unspecified atom stereocenters. The largest absolute Gasteiger partial charge is 0.379 e. The molecule has 0 saturated heterocycles. The van der Waals surface area contributed by atoms with Crippen LogP contribution in [0.4, 0.5) is 5.69 Å². The molecule has 0 bridgehead atoms. The van der Waals surface area contributed by atoms with Gasteiger partial charge in [-0.1, -0.05) is 12.1 Å². The lowest BCUT2D eigenvalue weighted by Crippen LogP contribution is -2.10. The Morgan fingerprint density at radius 1 is 1.35 bits per heavy atom. The first-order valence-electron chi connectivity index (χ1n) is 5.69. The van der Waals surface area contributed by atoms with Crippen LogP contribution < -0.4 is 5.32 Å². The Kier molecular flexibility index (Phi) is 3.77. The van der Waals surface area contributed by atoms with Gasteiger partial charge in [0.25, 0.3) is 0 Å². The molecule has 4 heteroatoms. The SMILES string of the molecule is CN(C)Cc1cccc(NCc2cnc[nH]2)c1. The molecule has 0 amide bonds. The average molecular weight is 230 g/mol. The number of aromatic nitrogens is 2. The second kappa shape index (κ2) is 5.50. The molecule has 2 N–H and O–H groups in total. The lowest BCUT2D eigenvalue weighted by molar-refractivity contribution is 0.402. The summed E-state index contributed by atoms with van der Waals surface area (Å²) in [7, 11) is 4.15. The predicted molar refractivity (Wildman–Crippen MR) is 69.7 cm³/mol. The molecule has 1 aromatic carbocycles. The Balaban J connectivity index is 1.96. The van der Waals surface area contributed by atoms with Crippen molar-refractivity contribution in [3.05, 3.63) is 48.0 Å².